The Hall–Kier alpha value is -5.26. The van der Waals surface area contributed by atoms with Gasteiger partial charge in [0.25, 0.3) is 5.91 Å². The normalized spacial score (nSPS) is 19.7. The molecule has 3 N–H and O–H groups in total. The molecule has 1 aliphatic heterocycles. The summed E-state index contributed by atoms with van der Waals surface area (Å²) in [4.78, 5) is 71.4. The van der Waals surface area contributed by atoms with Crippen molar-refractivity contribution in [1.29, 1.82) is 0 Å². The Morgan fingerprint density at radius 2 is 1.60 bits per heavy atom. The Morgan fingerprint density at radius 1 is 0.942 bits per heavy atom. The maximum atomic E-state index is 13.9. The standard InChI is InChI=1S/C40H50FN5O6/c1-26(2)20-33-39(51)45(5)23-35(47)43-30(21-27-12-8-7-9-13-27)24-52-34-15-11-10-14-31(34)37(49)44-32(22-36(48)46(33)6)38(50)42-25-40(3,4)28-16-18-29(41)19-17-28/h7-19,26,30,32-33H,20-25H2,1-6H3,(H,42,50)(H,43,47)(H,44,49)/t30-,32+,33+/m1/s1. The maximum absolute atomic E-state index is 13.9. The second-order valence-electron chi connectivity index (χ2n) is 14.4. The summed E-state index contributed by atoms with van der Waals surface area (Å²) in [5, 5.41) is 8.59. The molecular formula is C40H50FN5O6. The van der Waals surface area contributed by atoms with Gasteiger partial charge >= 0.3 is 0 Å². The van der Waals surface area contributed by atoms with Crippen molar-refractivity contribution in [1.82, 2.24) is 25.8 Å². The molecule has 0 unspecified atom stereocenters. The number of likely N-dealkylation sites (N-methyl/N-ethyl adjacent to an activating group) is 2. The summed E-state index contributed by atoms with van der Waals surface area (Å²) in [5.74, 6) is -2.79. The Kier molecular flexibility index (Phi) is 13.5. The third-order valence-corrected chi connectivity index (χ3v) is 9.19. The van der Waals surface area contributed by atoms with E-state index in [-0.39, 0.29) is 42.7 Å². The molecule has 1 heterocycles. The van der Waals surface area contributed by atoms with Crippen LogP contribution in [-0.4, -0.2) is 91.3 Å². The molecule has 0 fully saturated rings. The second kappa shape index (κ2) is 17.8. The minimum absolute atomic E-state index is 0.00215. The van der Waals surface area contributed by atoms with Gasteiger partial charge in [0.1, 0.15) is 30.3 Å². The highest BCUT2D eigenvalue weighted by Gasteiger charge is 2.35. The van der Waals surface area contributed by atoms with Crippen molar-refractivity contribution < 1.29 is 33.1 Å². The third kappa shape index (κ3) is 10.9. The van der Waals surface area contributed by atoms with Crippen molar-refractivity contribution in [2.45, 2.75) is 70.5 Å². The summed E-state index contributed by atoms with van der Waals surface area (Å²) in [6, 6.07) is 19.3. The fourth-order valence-corrected chi connectivity index (χ4v) is 6.08. The van der Waals surface area contributed by atoms with Crippen LogP contribution in [0.15, 0.2) is 78.9 Å². The lowest BCUT2D eigenvalue weighted by atomic mass is 9.84. The van der Waals surface area contributed by atoms with Crippen LogP contribution in [0.1, 0.15) is 62.0 Å². The van der Waals surface area contributed by atoms with E-state index in [4.69, 9.17) is 4.74 Å². The zero-order chi connectivity index (χ0) is 38.0. The van der Waals surface area contributed by atoms with Crippen LogP contribution in [0.25, 0.3) is 0 Å². The van der Waals surface area contributed by atoms with Crippen LogP contribution >= 0.6 is 0 Å². The fraction of sp³-hybridized carbons (Fsp3) is 0.425. The Bertz CT molecular complexity index is 1710. The number of hydrogen-bond acceptors (Lipinski definition) is 6. The molecule has 5 amide bonds. The zero-order valence-electron chi connectivity index (χ0n) is 30.8. The van der Waals surface area contributed by atoms with Crippen LogP contribution in [0.3, 0.4) is 0 Å². The first-order valence-electron chi connectivity index (χ1n) is 17.5. The molecule has 0 saturated heterocycles. The van der Waals surface area contributed by atoms with Crippen molar-refractivity contribution in [2.75, 3.05) is 33.8 Å². The molecule has 52 heavy (non-hydrogen) atoms. The lowest BCUT2D eigenvalue weighted by molar-refractivity contribution is -0.146. The third-order valence-electron chi connectivity index (χ3n) is 9.19. The van der Waals surface area contributed by atoms with E-state index >= 15 is 0 Å². The lowest BCUT2D eigenvalue weighted by Gasteiger charge is -2.33. The van der Waals surface area contributed by atoms with E-state index in [0.717, 1.165) is 11.1 Å². The number of nitrogens with zero attached hydrogens (tertiary/aromatic N) is 2. The number of rotatable bonds is 8. The molecule has 0 radical (unpaired) electrons. The van der Waals surface area contributed by atoms with Crippen LogP contribution in [0.2, 0.25) is 0 Å². The van der Waals surface area contributed by atoms with Crippen molar-refractivity contribution in [2.24, 2.45) is 5.92 Å². The minimum Gasteiger partial charge on any atom is -0.491 e. The fourth-order valence-electron chi connectivity index (χ4n) is 6.08. The summed E-state index contributed by atoms with van der Waals surface area (Å²) >= 11 is 0. The number of halogens is 1. The zero-order valence-corrected chi connectivity index (χ0v) is 30.8. The largest absolute Gasteiger partial charge is 0.491 e. The Labute approximate surface area is 305 Å². The number of carbonyl (C=O) groups excluding carboxylic acids is 5. The number of ether oxygens (including phenoxy) is 1. The molecule has 0 spiro atoms. The number of nitrogens with one attached hydrogen (secondary N) is 3. The average molecular weight is 716 g/mol. The van der Waals surface area contributed by atoms with E-state index in [0.29, 0.717) is 12.8 Å². The topological polar surface area (TPSA) is 137 Å². The summed E-state index contributed by atoms with van der Waals surface area (Å²) < 4.78 is 19.8. The first kappa shape index (κ1) is 39.5. The molecule has 3 atom stereocenters. The smallest absolute Gasteiger partial charge is 0.255 e. The van der Waals surface area contributed by atoms with Crippen molar-refractivity contribution in [3.05, 3.63) is 101 Å². The number of fused-ring (bicyclic) bond motifs is 1. The van der Waals surface area contributed by atoms with Gasteiger partial charge in [-0.1, -0.05) is 82.3 Å². The van der Waals surface area contributed by atoms with Gasteiger partial charge in [-0.2, -0.15) is 0 Å². The van der Waals surface area contributed by atoms with Gasteiger partial charge in [0.15, 0.2) is 0 Å². The van der Waals surface area contributed by atoms with Gasteiger partial charge < -0.3 is 30.5 Å². The highest BCUT2D eigenvalue weighted by Crippen LogP contribution is 2.23. The molecule has 1 aliphatic rings. The summed E-state index contributed by atoms with van der Waals surface area (Å²) in [7, 11) is 3.00. The molecule has 0 aliphatic carbocycles. The predicted molar refractivity (Wildman–Crippen MR) is 196 cm³/mol. The summed E-state index contributed by atoms with van der Waals surface area (Å²) in [5.41, 5.74) is 1.25. The van der Waals surface area contributed by atoms with Crippen molar-refractivity contribution in [3.63, 3.8) is 0 Å². The highest BCUT2D eigenvalue weighted by molar-refractivity contribution is 6.01. The molecule has 3 aromatic carbocycles. The molecule has 11 nitrogen and oxygen atoms in total. The van der Waals surface area contributed by atoms with Crippen LogP contribution in [0.4, 0.5) is 4.39 Å². The van der Waals surface area contributed by atoms with Crippen molar-refractivity contribution >= 4 is 29.5 Å². The second-order valence-corrected chi connectivity index (χ2v) is 14.4. The summed E-state index contributed by atoms with van der Waals surface area (Å²) in [6.07, 6.45) is 0.279. The van der Waals surface area contributed by atoms with E-state index in [9.17, 15) is 28.4 Å². The first-order valence-corrected chi connectivity index (χ1v) is 17.5. The number of benzene rings is 3. The molecule has 0 saturated carbocycles. The number of para-hydroxylation sites is 1. The van der Waals surface area contributed by atoms with Gasteiger partial charge in [0.2, 0.25) is 23.6 Å². The van der Waals surface area contributed by atoms with E-state index in [1.54, 1.807) is 36.4 Å². The Balaban J connectivity index is 1.68. The van der Waals surface area contributed by atoms with E-state index in [1.807, 2.05) is 58.0 Å². The van der Waals surface area contributed by atoms with E-state index in [2.05, 4.69) is 16.0 Å². The summed E-state index contributed by atoms with van der Waals surface area (Å²) in [6.45, 7) is 7.48. The van der Waals surface area contributed by atoms with Crippen molar-refractivity contribution in [3.8, 4) is 5.75 Å². The Morgan fingerprint density at radius 3 is 2.27 bits per heavy atom. The molecule has 3 aromatic rings. The van der Waals surface area contributed by atoms with Gasteiger partial charge in [-0.15, -0.1) is 0 Å². The van der Waals surface area contributed by atoms with Crippen LogP contribution < -0.4 is 20.7 Å². The number of hydrogen-bond donors (Lipinski definition) is 3. The van der Waals surface area contributed by atoms with E-state index < -0.39 is 59.5 Å². The maximum Gasteiger partial charge on any atom is 0.255 e. The van der Waals surface area contributed by atoms with Crippen LogP contribution in [0, 0.1) is 11.7 Å². The van der Waals surface area contributed by atoms with Crippen LogP contribution in [0.5, 0.6) is 5.75 Å². The lowest BCUT2D eigenvalue weighted by Crippen LogP contribution is -2.54. The molecule has 12 heteroatoms. The van der Waals surface area contributed by atoms with Gasteiger partial charge in [-0.3, -0.25) is 24.0 Å². The SMILES string of the molecule is CC(C)C[C@H]1C(=O)N(C)CC(=O)N[C@H](Cc2ccccc2)COc2ccccc2C(=O)N[C@H](C(=O)NCC(C)(C)c2ccc(F)cc2)CC(=O)N1C. The molecule has 278 valence electrons. The minimum atomic E-state index is -1.32. The van der Waals surface area contributed by atoms with Crippen LogP contribution in [-0.2, 0) is 31.0 Å². The quantitative estimate of drug-likeness (QED) is 0.324. The number of amides is 5. The monoisotopic (exact) mass is 715 g/mol. The molecule has 4 rings (SSSR count). The molecule has 0 bridgehead atoms. The van der Waals surface area contributed by atoms with Gasteiger partial charge in [-0.05, 0) is 54.2 Å². The van der Waals surface area contributed by atoms with Gasteiger partial charge in [0, 0.05) is 26.1 Å². The molecular weight excluding hydrogens is 665 g/mol. The van der Waals surface area contributed by atoms with Gasteiger partial charge in [-0.25, -0.2) is 4.39 Å². The predicted octanol–water partition coefficient (Wildman–Crippen LogP) is 3.86. The average Bonchev–Trinajstić information content (AvgIpc) is 3.11. The molecule has 0 aromatic heterocycles. The first-order chi connectivity index (χ1) is 24.6. The number of carbonyl (C=O) groups is 5. The van der Waals surface area contributed by atoms with E-state index in [1.165, 1.54) is 36.0 Å². The van der Waals surface area contributed by atoms with Gasteiger partial charge in [0.05, 0.1) is 24.6 Å². The highest BCUT2D eigenvalue weighted by atomic mass is 19.1.